The van der Waals surface area contributed by atoms with E-state index < -0.39 is 0 Å². The Hall–Kier alpha value is -1.00. The molecule has 0 aliphatic heterocycles. The minimum atomic E-state index is 0.148. The third-order valence-corrected chi connectivity index (χ3v) is 3.72. The zero-order valence-corrected chi connectivity index (χ0v) is 12.4. The Morgan fingerprint density at radius 3 is 2.67 bits per heavy atom. The SMILES string of the molecule is CCNCc1ccc(SCC(=O)N(C)C)cc1C. The monoisotopic (exact) mass is 266 g/mol. The summed E-state index contributed by atoms with van der Waals surface area (Å²) in [5.41, 5.74) is 2.60. The fourth-order valence-corrected chi connectivity index (χ4v) is 2.46. The van der Waals surface area contributed by atoms with Gasteiger partial charge in [0, 0.05) is 25.5 Å². The normalized spacial score (nSPS) is 10.4. The zero-order valence-electron chi connectivity index (χ0n) is 11.6. The molecule has 3 nitrogen and oxygen atoms in total. The number of nitrogens with one attached hydrogen (secondary N) is 1. The summed E-state index contributed by atoms with van der Waals surface area (Å²) in [4.78, 5) is 14.3. The van der Waals surface area contributed by atoms with Crippen molar-refractivity contribution in [3.8, 4) is 0 Å². The minimum absolute atomic E-state index is 0.148. The van der Waals surface area contributed by atoms with Crippen LogP contribution in [0.3, 0.4) is 0 Å². The maximum atomic E-state index is 11.5. The number of carbonyl (C=O) groups excluding carboxylic acids is 1. The van der Waals surface area contributed by atoms with Gasteiger partial charge in [0.1, 0.15) is 0 Å². The van der Waals surface area contributed by atoms with Gasteiger partial charge in [0.05, 0.1) is 5.75 Å². The van der Waals surface area contributed by atoms with Crippen LogP contribution in [0.15, 0.2) is 23.1 Å². The van der Waals surface area contributed by atoms with Crippen molar-refractivity contribution >= 4 is 17.7 Å². The molecule has 0 aliphatic rings. The maximum Gasteiger partial charge on any atom is 0.232 e. The highest BCUT2D eigenvalue weighted by atomic mass is 32.2. The highest BCUT2D eigenvalue weighted by Gasteiger charge is 2.06. The predicted octanol–water partition coefficient (Wildman–Crippen LogP) is 2.28. The van der Waals surface area contributed by atoms with E-state index in [4.69, 9.17) is 0 Å². The van der Waals surface area contributed by atoms with Crippen molar-refractivity contribution in [2.75, 3.05) is 26.4 Å². The molecule has 0 atom stereocenters. The first-order valence-electron chi connectivity index (χ1n) is 6.17. The van der Waals surface area contributed by atoms with E-state index in [2.05, 4.69) is 37.4 Å². The molecular formula is C14H22N2OS. The molecule has 1 N–H and O–H groups in total. The molecule has 1 aromatic carbocycles. The summed E-state index contributed by atoms with van der Waals surface area (Å²) in [5.74, 6) is 0.647. The predicted molar refractivity (Wildman–Crippen MR) is 78.0 cm³/mol. The lowest BCUT2D eigenvalue weighted by atomic mass is 10.1. The maximum absolute atomic E-state index is 11.5. The fourth-order valence-electron chi connectivity index (χ4n) is 1.49. The lowest BCUT2D eigenvalue weighted by Gasteiger charge is -2.11. The molecule has 18 heavy (non-hydrogen) atoms. The van der Waals surface area contributed by atoms with Crippen LogP contribution in [0.1, 0.15) is 18.1 Å². The standard InChI is InChI=1S/C14H22N2OS/c1-5-15-9-12-6-7-13(8-11(12)2)18-10-14(17)16(3)4/h6-8,15H,5,9-10H2,1-4H3. The first-order chi connectivity index (χ1) is 8.54. The summed E-state index contributed by atoms with van der Waals surface area (Å²) in [7, 11) is 3.57. The number of nitrogens with zero attached hydrogens (tertiary/aromatic N) is 1. The van der Waals surface area contributed by atoms with Crippen LogP contribution in [0.2, 0.25) is 0 Å². The van der Waals surface area contributed by atoms with E-state index in [1.165, 1.54) is 11.1 Å². The van der Waals surface area contributed by atoms with Crippen molar-refractivity contribution in [1.29, 1.82) is 0 Å². The Bertz CT molecular complexity index is 405. The molecule has 1 amide bonds. The second kappa shape index (κ2) is 7.44. The molecule has 0 fully saturated rings. The van der Waals surface area contributed by atoms with Gasteiger partial charge in [-0.2, -0.15) is 0 Å². The Morgan fingerprint density at radius 1 is 1.39 bits per heavy atom. The van der Waals surface area contributed by atoms with Gasteiger partial charge in [-0.25, -0.2) is 0 Å². The van der Waals surface area contributed by atoms with E-state index in [1.807, 2.05) is 0 Å². The van der Waals surface area contributed by atoms with Crippen LogP contribution in [0, 0.1) is 6.92 Å². The van der Waals surface area contributed by atoms with Crippen molar-refractivity contribution in [3.05, 3.63) is 29.3 Å². The van der Waals surface area contributed by atoms with Gasteiger partial charge in [-0.05, 0) is 36.7 Å². The van der Waals surface area contributed by atoms with E-state index in [0.717, 1.165) is 18.0 Å². The number of benzene rings is 1. The van der Waals surface area contributed by atoms with Crippen LogP contribution >= 0.6 is 11.8 Å². The molecule has 0 radical (unpaired) electrons. The molecule has 1 rings (SSSR count). The highest BCUT2D eigenvalue weighted by Crippen LogP contribution is 2.21. The average molecular weight is 266 g/mol. The topological polar surface area (TPSA) is 32.3 Å². The Kier molecular flexibility index (Phi) is 6.22. The lowest BCUT2D eigenvalue weighted by Crippen LogP contribution is -2.23. The molecule has 0 saturated heterocycles. The first-order valence-corrected chi connectivity index (χ1v) is 7.16. The molecule has 0 heterocycles. The average Bonchev–Trinajstić information content (AvgIpc) is 2.34. The highest BCUT2D eigenvalue weighted by molar-refractivity contribution is 8.00. The second-order valence-electron chi connectivity index (χ2n) is 4.45. The van der Waals surface area contributed by atoms with Gasteiger partial charge >= 0.3 is 0 Å². The summed E-state index contributed by atoms with van der Waals surface area (Å²) >= 11 is 1.59. The molecule has 0 aromatic heterocycles. The smallest absolute Gasteiger partial charge is 0.232 e. The number of rotatable bonds is 6. The summed E-state index contributed by atoms with van der Waals surface area (Å²) in [6, 6.07) is 6.38. The number of thioether (sulfide) groups is 1. The van der Waals surface area contributed by atoms with Crippen molar-refractivity contribution in [1.82, 2.24) is 10.2 Å². The number of hydrogen-bond acceptors (Lipinski definition) is 3. The molecule has 0 saturated carbocycles. The molecule has 0 unspecified atom stereocenters. The van der Waals surface area contributed by atoms with Crippen molar-refractivity contribution < 1.29 is 4.79 Å². The number of hydrogen-bond donors (Lipinski definition) is 1. The Balaban J connectivity index is 2.58. The summed E-state index contributed by atoms with van der Waals surface area (Å²) < 4.78 is 0. The van der Waals surface area contributed by atoms with Crippen LogP contribution in [0.5, 0.6) is 0 Å². The van der Waals surface area contributed by atoms with E-state index in [1.54, 1.807) is 30.8 Å². The summed E-state index contributed by atoms with van der Waals surface area (Å²) in [5, 5.41) is 3.32. The third kappa shape index (κ3) is 4.70. The lowest BCUT2D eigenvalue weighted by molar-refractivity contribution is -0.125. The number of carbonyl (C=O) groups is 1. The second-order valence-corrected chi connectivity index (χ2v) is 5.49. The third-order valence-electron chi connectivity index (χ3n) is 2.74. The number of amides is 1. The zero-order chi connectivity index (χ0) is 13.5. The van der Waals surface area contributed by atoms with Gasteiger partial charge in [-0.15, -0.1) is 11.8 Å². The van der Waals surface area contributed by atoms with Crippen molar-refractivity contribution in [3.63, 3.8) is 0 Å². The largest absolute Gasteiger partial charge is 0.348 e. The molecule has 0 aliphatic carbocycles. The van der Waals surface area contributed by atoms with Crippen molar-refractivity contribution in [2.45, 2.75) is 25.3 Å². The van der Waals surface area contributed by atoms with Gasteiger partial charge < -0.3 is 10.2 Å². The van der Waals surface area contributed by atoms with Gasteiger partial charge in [0.25, 0.3) is 0 Å². The Morgan fingerprint density at radius 2 is 2.11 bits per heavy atom. The van der Waals surface area contributed by atoms with E-state index >= 15 is 0 Å². The van der Waals surface area contributed by atoms with Gasteiger partial charge in [0.15, 0.2) is 0 Å². The van der Waals surface area contributed by atoms with Gasteiger partial charge in [-0.1, -0.05) is 13.0 Å². The minimum Gasteiger partial charge on any atom is -0.348 e. The molecule has 4 heteroatoms. The van der Waals surface area contributed by atoms with Crippen LogP contribution < -0.4 is 5.32 Å². The van der Waals surface area contributed by atoms with Gasteiger partial charge in [0.2, 0.25) is 5.91 Å². The number of aryl methyl sites for hydroxylation is 1. The molecular weight excluding hydrogens is 244 g/mol. The van der Waals surface area contributed by atoms with E-state index in [0.29, 0.717) is 5.75 Å². The molecule has 100 valence electrons. The van der Waals surface area contributed by atoms with E-state index in [9.17, 15) is 4.79 Å². The van der Waals surface area contributed by atoms with Crippen LogP contribution in [-0.2, 0) is 11.3 Å². The Labute approximate surface area is 114 Å². The summed E-state index contributed by atoms with van der Waals surface area (Å²) in [6.07, 6.45) is 0. The van der Waals surface area contributed by atoms with Gasteiger partial charge in [-0.3, -0.25) is 4.79 Å². The van der Waals surface area contributed by atoms with Crippen LogP contribution in [-0.4, -0.2) is 37.2 Å². The van der Waals surface area contributed by atoms with E-state index in [-0.39, 0.29) is 5.91 Å². The first kappa shape index (κ1) is 15.1. The van der Waals surface area contributed by atoms with Crippen LogP contribution in [0.4, 0.5) is 0 Å². The molecule has 1 aromatic rings. The quantitative estimate of drug-likeness (QED) is 0.802. The molecule has 0 bridgehead atoms. The molecule has 0 spiro atoms. The van der Waals surface area contributed by atoms with Crippen molar-refractivity contribution in [2.24, 2.45) is 0 Å². The summed E-state index contributed by atoms with van der Waals surface area (Å²) in [6.45, 7) is 6.11. The van der Waals surface area contributed by atoms with Crippen LogP contribution in [0.25, 0.3) is 0 Å². The fraction of sp³-hybridized carbons (Fsp3) is 0.500.